The molecule has 0 aromatic rings. The quantitative estimate of drug-likeness (QED) is 0.628. The molecule has 2 fully saturated rings. The number of hydrogen-bond donors (Lipinski definition) is 0. The fourth-order valence-electron chi connectivity index (χ4n) is 1.92. The SMILES string of the molecule is CCCC12CC(=O)ON1OC(=O)C2. The largest absolute Gasteiger partial charge is 0.332 e. The molecule has 0 saturated carbocycles. The summed E-state index contributed by atoms with van der Waals surface area (Å²) in [5.74, 6) is -0.637. The zero-order valence-corrected chi connectivity index (χ0v) is 7.41. The maximum atomic E-state index is 11.0. The van der Waals surface area contributed by atoms with Crippen molar-refractivity contribution in [3.63, 3.8) is 0 Å². The first kappa shape index (κ1) is 8.50. The van der Waals surface area contributed by atoms with Crippen molar-refractivity contribution < 1.29 is 19.3 Å². The van der Waals surface area contributed by atoms with E-state index in [1.807, 2.05) is 6.92 Å². The molecule has 2 aliphatic rings. The minimum atomic E-state index is -0.511. The average molecular weight is 185 g/mol. The lowest BCUT2D eigenvalue weighted by molar-refractivity contribution is -0.319. The Bertz CT molecular complexity index is 243. The molecular weight excluding hydrogens is 174 g/mol. The van der Waals surface area contributed by atoms with Crippen LogP contribution in [0.2, 0.25) is 0 Å². The molecule has 0 atom stereocenters. The summed E-state index contributed by atoms with van der Waals surface area (Å²) >= 11 is 0. The third-order valence-electron chi connectivity index (χ3n) is 2.42. The lowest BCUT2D eigenvalue weighted by atomic mass is 9.89. The molecule has 0 spiro atoms. The monoisotopic (exact) mass is 185 g/mol. The van der Waals surface area contributed by atoms with Crippen molar-refractivity contribution in [3.05, 3.63) is 0 Å². The number of carbonyl (C=O) groups is 2. The number of hydrogen-bond acceptors (Lipinski definition) is 5. The van der Waals surface area contributed by atoms with Crippen molar-refractivity contribution in [2.75, 3.05) is 0 Å². The van der Waals surface area contributed by atoms with Crippen LogP contribution in [0, 0.1) is 0 Å². The van der Waals surface area contributed by atoms with Gasteiger partial charge in [0, 0.05) is 5.23 Å². The van der Waals surface area contributed by atoms with E-state index < -0.39 is 5.54 Å². The lowest BCUT2D eigenvalue weighted by Gasteiger charge is -2.22. The van der Waals surface area contributed by atoms with E-state index in [1.54, 1.807) is 0 Å². The van der Waals surface area contributed by atoms with Gasteiger partial charge in [0.15, 0.2) is 0 Å². The van der Waals surface area contributed by atoms with Crippen LogP contribution in [-0.4, -0.2) is 22.7 Å². The van der Waals surface area contributed by atoms with Crippen LogP contribution in [0.25, 0.3) is 0 Å². The fourth-order valence-corrected chi connectivity index (χ4v) is 1.92. The number of fused-ring (bicyclic) bond motifs is 1. The van der Waals surface area contributed by atoms with Crippen LogP contribution in [-0.2, 0) is 19.3 Å². The molecule has 2 heterocycles. The predicted octanol–water partition coefficient (Wildman–Crippen LogP) is 0.551. The van der Waals surface area contributed by atoms with Crippen molar-refractivity contribution in [2.24, 2.45) is 0 Å². The number of carbonyl (C=O) groups excluding carboxylic acids is 2. The normalized spacial score (nSPS) is 25.6. The van der Waals surface area contributed by atoms with Crippen molar-refractivity contribution in [1.29, 1.82) is 0 Å². The van der Waals surface area contributed by atoms with E-state index in [9.17, 15) is 9.59 Å². The van der Waals surface area contributed by atoms with E-state index in [4.69, 9.17) is 9.68 Å². The second kappa shape index (κ2) is 2.70. The molecule has 0 radical (unpaired) electrons. The molecule has 0 aromatic carbocycles. The molecule has 0 amide bonds. The van der Waals surface area contributed by atoms with Crippen molar-refractivity contribution in [1.82, 2.24) is 5.23 Å². The summed E-state index contributed by atoms with van der Waals surface area (Å²) in [4.78, 5) is 31.5. The minimum Gasteiger partial charge on any atom is -0.332 e. The molecule has 0 bridgehead atoms. The van der Waals surface area contributed by atoms with E-state index in [1.165, 1.54) is 0 Å². The standard InChI is InChI=1S/C8H11NO4/c1-2-3-8-4-6(10)12-9(8)13-7(11)5-8/h2-5H2,1H3. The molecule has 2 saturated heterocycles. The summed E-state index contributed by atoms with van der Waals surface area (Å²) in [7, 11) is 0. The van der Waals surface area contributed by atoms with Gasteiger partial charge in [-0.15, -0.1) is 0 Å². The van der Waals surface area contributed by atoms with E-state index in [0.29, 0.717) is 0 Å². The van der Waals surface area contributed by atoms with Crippen LogP contribution in [0.1, 0.15) is 32.6 Å². The Morgan fingerprint density at radius 3 is 2.31 bits per heavy atom. The Balaban J connectivity index is 2.20. The maximum absolute atomic E-state index is 11.0. The third-order valence-corrected chi connectivity index (χ3v) is 2.42. The second-order valence-electron chi connectivity index (χ2n) is 3.51. The van der Waals surface area contributed by atoms with Gasteiger partial charge >= 0.3 is 11.9 Å². The molecule has 5 nitrogen and oxygen atoms in total. The minimum absolute atomic E-state index is 0.257. The van der Waals surface area contributed by atoms with Gasteiger partial charge in [0.05, 0.1) is 12.8 Å². The summed E-state index contributed by atoms with van der Waals surface area (Å²) in [5.41, 5.74) is -0.511. The maximum Gasteiger partial charge on any atom is 0.331 e. The molecular formula is C8H11NO4. The predicted molar refractivity (Wildman–Crippen MR) is 40.9 cm³/mol. The Kier molecular flexibility index (Phi) is 1.76. The number of nitrogens with zero attached hydrogens (tertiary/aromatic N) is 1. The van der Waals surface area contributed by atoms with Gasteiger partial charge in [0.25, 0.3) is 0 Å². The van der Waals surface area contributed by atoms with Gasteiger partial charge < -0.3 is 9.68 Å². The van der Waals surface area contributed by atoms with Crippen LogP contribution in [0.15, 0.2) is 0 Å². The summed E-state index contributed by atoms with van der Waals surface area (Å²) < 4.78 is 0. The van der Waals surface area contributed by atoms with Crippen LogP contribution >= 0.6 is 0 Å². The Hall–Kier alpha value is -1.10. The second-order valence-corrected chi connectivity index (χ2v) is 3.51. The summed E-state index contributed by atoms with van der Waals surface area (Å²) in [6.45, 7) is 2.00. The van der Waals surface area contributed by atoms with E-state index in [-0.39, 0.29) is 24.8 Å². The van der Waals surface area contributed by atoms with Crippen LogP contribution in [0.5, 0.6) is 0 Å². The van der Waals surface area contributed by atoms with Gasteiger partial charge in [-0.05, 0) is 6.42 Å². The summed E-state index contributed by atoms with van der Waals surface area (Å²) in [5, 5.41) is 1.08. The molecule has 72 valence electrons. The first-order chi connectivity index (χ1) is 6.16. The molecule has 2 rings (SSSR count). The first-order valence-electron chi connectivity index (χ1n) is 4.38. The van der Waals surface area contributed by atoms with Crippen LogP contribution in [0.4, 0.5) is 0 Å². The summed E-state index contributed by atoms with van der Waals surface area (Å²) in [6.07, 6.45) is 2.15. The van der Waals surface area contributed by atoms with Gasteiger partial charge in [0.2, 0.25) is 0 Å². The Labute approximate surface area is 75.5 Å². The number of rotatable bonds is 2. The highest BCUT2D eigenvalue weighted by molar-refractivity contribution is 5.79. The van der Waals surface area contributed by atoms with Crippen molar-refractivity contribution >= 4 is 11.9 Å². The smallest absolute Gasteiger partial charge is 0.331 e. The summed E-state index contributed by atoms with van der Waals surface area (Å²) in [6, 6.07) is 0. The van der Waals surface area contributed by atoms with Crippen LogP contribution < -0.4 is 0 Å². The van der Waals surface area contributed by atoms with Crippen molar-refractivity contribution in [2.45, 2.75) is 38.1 Å². The van der Waals surface area contributed by atoms with Gasteiger partial charge in [0.1, 0.15) is 5.54 Å². The molecule has 0 aromatic heterocycles. The highest BCUT2D eigenvalue weighted by atomic mass is 17.0. The van der Waals surface area contributed by atoms with Crippen molar-refractivity contribution in [3.8, 4) is 0 Å². The van der Waals surface area contributed by atoms with Crippen LogP contribution in [0.3, 0.4) is 0 Å². The van der Waals surface area contributed by atoms with E-state index in [2.05, 4.69) is 0 Å². The zero-order valence-electron chi connectivity index (χ0n) is 7.41. The third kappa shape index (κ3) is 1.19. The molecule has 0 N–H and O–H groups in total. The molecule has 13 heavy (non-hydrogen) atoms. The molecule has 5 heteroatoms. The highest BCUT2D eigenvalue weighted by Crippen LogP contribution is 2.40. The molecule has 2 aliphatic heterocycles. The van der Waals surface area contributed by atoms with E-state index >= 15 is 0 Å². The van der Waals surface area contributed by atoms with Gasteiger partial charge in [-0.2, -0.15) is 0 Å². The number of hydroxylamine groups is 2. The average Bonchev–Trinajstić information content (AvgIpc) is 2.40. The first-order valence-corrected chi connectivity index (χ1v) is 4.38. The van der Waals surface area contributed by atoms with Gasteiger partial charge in [-0.1, -0.05) is 13.3 Å². The van der Waals surface area contributed by atoms with Gasteiger partial charge in [-0.25, -0.2) is 0 Å². The Morgan fingerprint density at radius 1 is 1.31 bits per heavy atom. The zero-order chi connectivity index (χ0) is 9.47. The lowest BCUT2D eigenvalue weighted by Crippen LogP contribution is -2.36. The fraction of sp³-hybridized carbons (Fsp3) is 0.750. The van der Waals surface area contributed by atoms with E-state index in [0.717, 1.165) is 18.1 Å². The topological polar surface area (TPSA) is 55.8 Å². The van der Waals surface area contributed by atoms with Gasteiger partial charge in [-0.3, -0.25) is 9.59 Å². The molecule has 0 aliphatic carbocycles. The Morgan fingerprint density at radius 2 is 1.85 bits per heavy atom. The highest BCUT2D eigenvalue weighted by Gasteiger charge is 2.56. The molecule has 0 unspecified atom stereocenters.